The van der Waals surface area contributed by atoms with Gasteiger partial charge in [-0.1, -0.05) is 18.2 Å². The van der Waals surface area contributed by atoms with Crippen molar-refractivity contribution in [3.63, 3.8) is 0 Å². The van der Waals surface area contributed by atoms with Gasteiger partial charge in [0.1, 0.15) is 5.76 Å². The normalized spacial score (nSPS) is 11.8. The molecule has 112 valence electrons. The third-order valence-electron chi connectivity index (χ3n) is 3.26. The molecule has 0 saturated carbocycles. The second-order valence-electron chi connectivity index (χ2n) is 4.78. The number of fused-ring (bicyclic) bond motifs is 1. The summed E-state index contributed by atoms with van der Waals surface area (Å²) in [5.74, 6) is 0.0431. The van der Waals surface area contributed by atoms with E-state index in [1.54, 1.807) is 18.2 Å². The second kappa shape index (κ2) is 4.91. The van der Waals surface area contributed by atoms with Gasteiger partial charge in [0, 0.05) is 11.6 Å². The molecule has 0 aliphatic rings. The van der Waals surface area contributed by atoms with Crippen LogP contribution in [0.4, 0.5) is 18.9 Å². The van der Waals surface area contributed by atoms with Crippen LogP contribution in [0.5, 0.6) is 0 Å². The number of para-hydroxylation sites is 1. The summed E-state index contributed by atoms with van der Waals surface area (Å²) in [6, 6.07) is 10.5. The Morgan fingerprint density at radius 3 is 2.45 bits per heavy atom. The molecular weight excluding hydrogens is 295 g/mol. The number of rotatable bonds is 1. The third kappa shape index (κ3) is 2.43. The van der Waals surface area contributed by atoms with Gasteiger partial charge in [-0.05, 0) is 24.3 Å². The topological polar surface area (TPSA) is 56.2 Å². The van der Waals surface area contributed by atoms with Crippen molar-refractivity contribution in [2.45, 2.75) is 6.18 Å². The maximum Gasteiger partial charge on any atom is 0.416 e. The predicted molar refractivity (Wildman–Crippen MR) is 77.3 cm³/mol. The first kappa shape index (κ1) is 14.2. The first-order valence-electron chi connectivity index (χ1n) is 6.36. The number of alkyl halides is 3. The zero-order valence-corrected chi connectivity index (χ0v) is 11.1. The molecule has 0 atom stereocenters. The molecule has 0 aliphatic heterocycles. The van der Waals surface area contributed by atoms with Crippen LogP contribution in [0.15, 0.2) is 57.7 Å². The highest BCUT2D eigenvalue weighted by Crippen LogP contribution is 2.32. The van der Waals surface area contributed by atoms with Gasteiger partial charge in [-0.15, -0.1) is 0 Å². The Bertz CT molecular complexity index is 913. The highest BCUT2D eigenvalue weighted by molar-refractivity contribution is 5.88. The smallest absolute Gasteiger partial charge is 0.416 e. The van der Waals surface area contributed by atoms with Crippen molar-refractivity contribution in [2.75, 3.05) is 5.73 Å². The highest BCUT2D eigenvalue weighted by Gasteiger charge is 2.30. The quantitative estimate of drug-likeness (QED) is 0.690. The first-order chi connectivity index (χ1) is 10.4. The minimum absolute atomic E-state index is 0.0431. The van der Waals surface area contributed by atoms with Crippen molar-refractivity contribution >= 4 is 16.7 Å². The van der Waals surface area contributed by atoms with E-state index in [0.29, 0.717) is 0 Å². The molecule has 0 aliphatic carbocycles. The Hall–Kier alpha value is -2.76. The minimum atomic E-state index is -4.47. The SMILES string of the molecule is Nc1cccc2c(=O)cc(-c3cccc(C(F)(F)F)c3)oc12. The van der Waals surface area contributed by atoms with Crippen LogP contribution in [0.2, 0.25) is 0 Å². The lowest BCUT2D eigenvalue weighted by molar-refractivity contribution is -0.137. The van der Waals surface area contributed by atoms with E-state index in [2.05, 4.69) is 0 Å². The van der Waals surface area contributed by atoms with Gasteiger partial charge >= 0.3 is 6.18 Å². The van der Waals surface area contributed by atoms with Crippen LogP contribution in [0, 0.1) is 0 Å². The van der Waals surface area contributed by atoms with Crippen molar-refractivity contribution in [3.05, 3.63) is 64.3 Å². The fraction of sp³-hybridized carbons (Fsp3) is 0.0625. The minimum Gasteiger partial charge on any atom is -0.454 e. The van der Waals surface area contributed by atoms with Gasteiger partial charge < -0.3 is 10.2 Å². The van der Waals surface area contributed by atoms with Gasteiger partial charge in [-0.25, -0.2) is 0 Å². The summed E-state index contributed by atoms with van der Waals surface area (Å²) >= 11 is 0. The standard InChI is InChI=1S/C16H10F3NO2/c17-16(18,19)10-4-1-3-9(7-10)14-8-13(21)11-5-2-6-12(20)15(11)22-14/h1-8H,20H2. The van der Waals surface area contributed by atoms with Crippen LogP contribution in [0.3, 0.4) is 0 Å². The number of halogens is 3. The molecule has 1 heterocycles. The van der Waals surface area contributed by atoms with E-state index >= 15 is 0 Å². The van der Waals surface area contributed by atoms with Crippen molar-refractivity contribution < 1.29 is 17.6 Å². The van der Waals surface area contributed by atoms with Crippen LogP contribution in [0.1, 0.15) is 5.56 Å². The van der Waals surface area contributed by atoms with E-state index < -0.39 is 11.7 Å². The van der Waals surface area contributed by atoms with E-state index in [1.807, 2.05) is 0 Å². The lowest BCUT2D eigenvalue weighted by Crippen LogP contribution is -2.05. The van der Waals surface area contributed by atoms with E-state index in [1.165, 1.54) is 12.1 Å². The molecule has 22 heavy (non-hydrogen) atoms. The van der Waals surface area contributed by atoms with Gasteiger partial charge in [0.25, 0.3) is 0 Å². The maximum atomic E-state index is 12.8. The number of anilines is 1. The molecule has 2 aromatic carbocycles. The summed E-state index contributed by atoms with van der Waals surface area (Å²) in [4.78, 5) is 12.1. The molecule has 3 nitrogen and oxygen atoms in total. The fourth-order valence-corrected chi connectivity index (χ4v) is 2.19. The Kier molecular flexibility index (Phi) is 3.16. The molecule has 6 heteroatoms. The van der Waals surface area contributed by atoms with Gasteiger partial charge in [0.2, 0.25) is 0 Å². The Morgan fingerprint density at radius 2 is 1.73 bits per heavy atom. The average Bonchev–Trinajstić information content (AvgIpc) is 2.47. The highest BCUT2D eigenvalue weighted by atomic mass is 19.4. The van der Waals surface area contributed by atoms with E-state index in [4.69, 9.17) is 10.2 Å². The summed E-state index contributed by atoms with van der Waals surface area (Å²) in [6.07, 6.45) is -4.47. The van der Waals surface area contributed by atoms with E-state index in [9.17, 15) is 18.0 Å². The molecule has 0 amide bonds. The van der Waals surface area contributed by atoms with Crippen LogP contribution < -0.4 is 11.2 Å². The van der Waals surface area contributed by atoms with Crippen molar-refractivity contribution in [3.8, 4) is 11.3 Å². The number of nitrogen functional groups attached to an aromatic ring is 1. The molecule has 0 radical (unpaired) electrons. The fourth-order valence-electron chi connectivity index (χ4n) is 2.19. The average molecular weight is 305 g/mol. The summed E-state index contributed by atoms with van der Waals surface area (Å²) < 4.78 is 43.8. The van der Waals surface area contributed by atoms with Gasteiger partial charge in [-0.2, -0.15) is 13.2 Å². The van der Waals surface area contributed by atoms with Gasteiger partial charge in [0.05, 0.1) is 16.6 Å². The second-order valence-corrected chi connectivity index (χ2v) is 4.78. The predicted octanol–water partition coefficient (Wildman–Crippen LogP) is 4.06. The van der Waals surface area contributed by atoms with Crippen molar-refractivity contribution in [1.82, 2.24) is 0 Å². The van der Waals surface area contributed by atoms with Gasteiger partial charge in [0.15, 0.2) is 11.0 Å². The molecule has 3 aromatic rings. The molecule has 3 rings (SSSR count). The van der Waals surface area contributed by atoms with Crippen molar-refractivity contribution in [2.24, 2.45) is 0 Å². The number of nitrogens with two attached hydrogens (primary N) is 1. The molecule has 0 bridgehead atoms. The van der Waals surface area contributed by atoms with Crippen LogP contribution in [-0.2, 0) is 6.18 Å². The maximum absolute atomic E-state index is 12.8. The van der Waals surface area contributed by atoms with E-state index in [-0.39, 0.29) is 33.4 Å². The van der Waals surface area contributed by atoms with Crippen molar-refractivity contribution in [1.29, 1.82) is 0 Å². The molecule has 0 fully saturated rings. The molecule has 2 N–H and O–H groups in total. The summed E-state index contributed by atoms with van der Waals surface area (Å²) in [6.45, 7) is 0. The lowest BCUT2D eigenvalue weighted by atomic mass is 10.1. The summed E-state index contributed by atoms with van der Waals surface area (Å²) in [7, 11) is 0. The van der Waals surface area contributed by atoms with E-state index in [0.717, 1.165) is 18.2 Å². The zero-order chi connectivity index (χ0) is 15.9. The molecule has 0 unspecified atom stereocenters. The number of hydrogen-bond acceptors (Lipinski definition) is 3. The lowest BCUT2D eigenvalue weighted by Gasteiger charge is -2.09. The first-order valence-corrected chi connectivity index (χ1v) is 6.36. The number of benzene rings is 2. The molecule has 0 saturated heterocycles. The van der Waals surface area contributed by atoms with Crippen LogP contribution in [-0.4, -0.2) is 0 Å². The zero-order valence-electron chi connectivity index (χ0n) is 11.1. The van der Waals surface area contributed by atoms with Crippen LogP contribution in [0.25, 0.3) is 22.3 Å². The number of hydrogen-bond donors (Lipinski definition) is 1. The summed E-state index contributed by atoms with van der Waals surface area (Å²) in [5.41, 5.74) is 5.17. The largest absolute Gasteiger partial charge is 0.454 e. The molecule has 0 spiro atoms. The summed E-state index contributed by atoms with van der Waals surface area (Å²) in [5, 5.41) is 0.288. The Balaban J connectivity index is 2.23. The molecule has 1 aromatic heterocycles. The third-order valence-corrected chi connectivity index (χ3v) is 3.26. The monoisotopic (exact) mass is 305 g/mol. The van der Waals surface area contributed by atoms with Gasteiger partial charge in [-0.3, -0.25) is 4.79 Å². The van der Waals surface area contributed by atoms with Crippen LogP contribution >= 0.6 is 0 Å². The Morgan fingerprint density at radius 1 is 1.00 bits per heavy atom. The molecular formula is C16H10F3NO2. The Labute approximate surface area is 122 Å².